The summed E-state index contributed by atoms with van der Waals surface area (Å²) in [6, 6.07) is 18.3. The number of halogens is 1. The smallest absolute Gasteiger partial charge is 0.233 e. The first-order valence-electron chi connectivity index (χ1n) is 9.21. The molecule has 1 amide bonds. The summed E-state index contributed by atoms with van der Waals surface area (Å²) in [5.74, 6) is 0.581. The van der Waals surface area contributed by atoms with Crippen LogP contribution in [0.4, 0.5) is 5.95 Å². The van der Waals surface area contributed by atoms with E-state index in [1.54, 1.807) is 43.6 Å². The maximum atomic E-state index is 12.7. The molecule has 2 aromatic heterocycles. The van der Waals surface area contributed by atoms with E-state index in [0.29, 0.717) is 27.2 Å². The quantitative estimate of drug-likeness (QED) is 0.498. The highest BCUT2D eigenvalue weighted by Crippen LogP contribution is 2.17. The van der Waals surface area contributed by atoms with Crippen LogP contribution in [-0.4, -0.2) is 28.8 Å². The van der Waals surface area contributed by atoms with Gasteiger partial charge < -0.3 is 4.42 Å². The molecule has 2 aromatic carbocycles. The first-order valence-corrected chi connectivity index (χ1v) is 9.58. The van der Waals surface area contributed by atoms with Crippen molar-refractivity contribution in [3.63, 3.8) is 0 Å². The Morgan fingerprint density at radius 1 is 1.20 bits per heavy atom. The molecule has 0 unspecified atom stereocenters. The minimum absolute atomic E-state index is 0.210. The van der Waals surface area contributed by atoms with E-state index in [0.717, 1.165) is 5.56 Å². The maximum Gasteiger partial charge on any atom is 0.233 e. The van der Waals surface area contributed by atoms with Crippen LogP contribution in [0.3, 0.4) is 0 Å². The molecule has 0 saturated carbocycles. The summed E-state index contributed by atoms with van der Waals surface area (Å²) in [6.45, 7) is 0. The average molecular weight is 420 g/mol. The minimum atomic E-state index is -0.217. The van der Waals surface area contributed by atoms with Gasteiger partial charge in [0.05, 0.1) is 24.4 Å². The Bertz CT molecular complexity index is 1280. The molecule has 7 nitrogen and oxygen atoms in total. The second kappa shape index (κ2) is 8.75. The molecule has 0 radical (unpaired) electrons. The Labute approximate surface area is 177 Å². The lowest BCUT2D eigenvalue weighted by molar-refractivity contribution is -0.115. The van der Waals surface area contributed by atoms with E-state index >= 15 is 0 Å². The van der Waals surface area contributed by atoms with Gasteiger partial charge in [0.15, 0.2) is 5.49 Å². The zero-order valence-electron chi connectivity index (χ0n) is 16.1. The third kappa shape index (κ3) is 4.31. The topological polar surface area (TPSA) is 84.8 Å². The highest BCUT2D eigenvalue weighted by atomic mass is 35.5. The van der Waals surface area contributed by atoms with E-state index in [9.17, 15) is 4.79 Å². The lowest BCUT2D eigenvalue weighted by atomic mass is 10.1. The van der Waals surface area contributed by atoms with Gasteiger partial charge in [-0.05, 0) is 35.9 Å². The fourth-order valence-electron chi connectivity index (χ4n) is 3.00. The molecule has 0 bridgehead atoms. The van der Waals surface area contributed by atoms with Gasteiger partial charge in [-0.25, -0.2) is 4.98 Å². The molecule has 2 heterocycles. The van der Waals surface area contributed by atoms with Crippen molar-refractivity contribution in [2.24, 2.45) is 10.1 Å². The Hall–Kier alpha value is -3.71. The van der Waals surface area contributed by atoms with Gasteiger partial charge in [0, 0.05) is 17.5 Å². The Morgan fingerprint density at radius 2 is 2.03 bits per heavy atom. The standard InChI is InChI=1S/C22H18ClN5O2/c1-24-21-18-13-16(23)9-10-19(18)26-22(28(21)25-14-17-8-5-11-30-17)27-20(29)12-15-6-3-2-4-7-15/h2-11,13-14H,12H2,1H3,(H,26,27,29)/b24-21-,25-14+. The highest BCUT2D eigenvalue weighted by molar-refractivity contribution is 6.31. The largest absolute Gasteiger partial charge is 0.463 e. The van der Waals surface area contributed by atoms with Crippen molar-refractivity contribution >= 4 is 40.6 Å². The van der Waals surface area contributed by atoms with Gasteiger partial charge in [0.1, 0.15) is 5.76 Å². The number of furan rings is 1. The molecule has 30 heavy (non-hydrogen) atoms. The van der Waals surface area contributed by atoms with E-state index in [2.05, 4.69) is 20.4 Å². The molecule has 0 atom stereocenters. The summed E-state index contributed by atoms with van der Waals surface area (Å²) in [4.78, 5) is 21.6. The molecule has 150 valence electrons. The van der Waals surface area contributed by atoms with Crippen LogP contribution in [0.1, 0.15) is 11.3 Å². The van der Waals surface area contributed by atoms with Gasteiger partial charge in [-0.2, -0.15) is 9.78 Å². The fraction of sp³-hybridized carbons (Fsp3) is 0.0909. The Kier molecular flexibility index (Phi) is 5.72. The second-order valence-electron chi connectivity index (χ2n) is 6.43. The van der Waals surface area contributed by atoms with E-state index in [-0.39, 0.29) is 18.3 Å². The van der Waals surface area contributed by atoms with Gasteiger partial charge >= 0.3 is 0 Å². The van der Waals surface area contributed by atoms with E-state index in [4.69, 9.17) is 16.0 Å². The average Bonchev–Trinajstić information content (AvgIpc) is 3.26. The Balaban J connectivity index is 1.79. The van der Waals surface area contributed by atoms with Gasteiger partial charge in [0.2, 0.25) is 11.9 Å². The van der Waals surface area contributed by atoms with Crippen molar-refractivity contribution in [3.8, 4) is 0 Å². The third-order valence-corrected chi connectivity index (χ3v) is 4.58. The van der Waals surface area contributed by atoms with Gasteiger partial charge in [-0.3, -0.25) is 15.1 Å². The summed E-state index contributed by atoms with van der Waals surface area (Å²) in [6.07, 6.45) is 3.29. The number of nitrogens with zero attached hydrogens (tertiary/aromatic N) is 4. The van der Waals surface area contributed by atoms with Crippen LogP contribution in [0.15, 0.2) is 81.4 Å². The molecule has 0 aliphatic heterocycles. The lowest BCUT2D eigenvalue weighted by Crippen LogP contribution is -2.26. The molecular weight excluding hydrogens is 402 g/mol. The highest BCUT2D eigenvalue weighted by Gasteiger charge is 2.13. The number of amides is 1. The number of aromatic nitrogens is 2. The molecule has 4 rings (SSSR count). The molecular formula is C22H18ClN5O2. The fourth-order valence-corrected chi connectivity index (χ4v) is 3.17. The molecule has 0 aliphatic carbocycles. The van der Waals surface area contributed by atoms with Gasteiger partial charge in [-0.1, -0.05) is 41.9 Å². The molecule has 0 aliphatic rings. The van der Waals surface area contributed by atoms with Crippen molar-refractivity contribution in [3.05, 3.63) is 88.8 Å². The van der Waals surface area contributed by atoms with Crippen LogP contribution >= 0.6 is 11.6 Å². The number of rotatable bonds is 5. The van der Waals surface area contributed by atoms with Crippen LogP contribution in [0.5, 0.6) is 0 Å². The van der Waals surface area contributed by atoms with Gasteiger partial charge in [0.25, 0.3) is 0 Å². The number of anilines is 1. The predicted molar refractivity (Wildman–Crippen MR) is 117 cm³/mol. The molecule has 0 fully saturated rings. The number of carbonyl (C=O) groups excluding carboxylic acids is 1. The maximum absolute atomic E-state index is 12.7. The van der Waals surface area contributed by atoms with Crippen LogP contribution < -0.4 is 10.8 Å². The van der Waals surface area contributed by atoms with Crippen molar-refractivity contribution in [1.29, 1.82) is 0 Å². The van der Waals surface area contributed by atoms with Crippen molar-refractivity contribution in [1.82, 2.24) is 9.66 Å². The monoisotopic (exact) mass is 419 g/mol. The molecule has 1 N–H and O–H groups in total. The summed E-state index contributed by atoms with van der Waals surface area (Å²) in [5.41, 5.74) is 2.04. The molecule has 8 heteroatoms. The number of fused-ring (bicyclic) bond motifs is 1. The number of carbonyl (C=O) groups is 1. The van der Waals surface area contributed by atoms with Crippen LogP contribution in [0.2, 0.25) is 5.02 Å². The molecule has 4 aromatic rings. The predicted octanol–water partition coefficient (Wildman–Crippen LogP) is 3.88. The SMILES string of the molecule is C/N=c1/c2cc(Cl)ccc2nc(NC(=O)Cc2ccccc2)n1/N=C/c1ccco1. The second-order valence-corrected chi connectivity index (χ2v) is 6.86. The third-order valence-electron chi connectivity index (χ3n) is 4.34. The number of hydrogen-bond donors (Lipinski definition) is 1. The van der Waals surface area contributed by atoms with E-state index < -0.39 is 0 Å². The van der Waals surface area contributed by atoms with Crippen molar-refractivity contribution in [2.75, 3.05) is 12.4 Å². The van der Waals surface area contributed by atoms with E-state index in [1.165, 1.54) is 10.9 Å². The zero-order chi connectivity index (χ0) is 20.9. The first-order chi connectivity index (χ1) is 14.6. The summed E-state index contributed by atoms with van der Waals surface area (Å²) in [5, 5.41) is 8.55. The zero-order valence-corrected chi connectivity index (χ0v) is 16.9. The number of nitrogens with one attached hydrogen (secondary N) is 1. The number of benzene rings is 2. The summed E-state index contributed by atoms with van der Waals surface area (Å²) < 4.78 is 6.78. The minimum Gasteiger partial charge on any atom is -0.463 e. The molecule has 0 spiro atoms. The summed E-state index contributed by atoms with van der Waals surface area (Å²) in [7, 11) is 1.64. The van der Waals surface area contributed by atoms with Crippen molar-refractivity contribution < 1.29 is 9.21 Å². The lowest BCUT2D eigenvalue weighted by Gasteiger charge is -2.12. The van der Waals surface area contributed by atoms with Crippen LogP contribution in [0.25, 0.3) is 10.9 Å². The Morgan fingerprint density at radius 3 is 2.77 bits per heavy atom. The van der Waals surface area contributed by atoms with Crippen LogP contribution in [-0.2, 0) is 11.2 Å². The first kappa shape index (κ1) is 19.6. The van der Waals surface area contributed by atoms with Crippen LogP contribution in [0, 0.1) is 0 Å². The molecule has 0 saturated heterocycles. The van der Waals surface area contributed by atoms with Crippen molar-refractivity contribution in [2.45, 2.75) is 6.42 Å². The summed E-state index contributed by atoms with van der Waals surface area (Å²) >= 11 is 6.17. The number of hydrogen-bond acceptors (Lipinski definition) is 5. The van der Waals surface area contributed by atoms with Gasteiger partial charge in [-0.15, -0.1) is 0 Å². The normalized spacial score (nSPS) is 12.0. The van der Waals surface area contributed by atoms with E-state index in [1.807, 2.05) is 30.3 Å².